The average Bonchev–Trinajstić information content (AvgIpc) is 2.44. The number of hydrogen-bond donors (Lipinski definition) is 0. The smallest absolute Gasteiger partial charge is 0.145 e. The minimum absolute atomic E-state index is 0.0667. The van der Waals surface area contributed by atoms with Gasteiger partial charge < -0.3 is 9.47 Å². The molecule has 0 spiro atoms. The van der Waals surface area contributed by atoms with E-state index >= 15 is 0 Å². The molecule has 1 unspecified atom stereocenters. The van der Waals surface area contributed by atoms with Gasteiger partial charge in [0.25, 0.3) is 0 Å². The number of benzene rings is 1. The van der Waals surface area contributed by atoms with E-state index in [0.717, 1.165) is 23.2 Å². The summed E-state index contributed by atoms with van der Waals surface area (Å²) in [5, 5.41) is 0. The number of ether oxygens (including phenoxy) is 2. The van der Waals surface area contributed by atoms with Crippen LogP contribution in [0.2, 0.25) is 0 Å². The van der Waals surface area contributed by atoms with Gasteiger partial charge in [-0.2, -0.15) is 0 Å². The second-order valence-corrected chi connectivity index (χ2v) is 4.75. The molecule has 0 saturated carbocycles. The minimum atomic E-state index is 0.0667. The Morgan fingerprint density at radius 1 is 1.26 bits per heavy atom. The van der Waals surface area contributed by atoms with Crippen LogP contribution in [0.1, 0.15) is 26.3 Å². The highest BCUT2D eigenvalue weighted by Crippen LogP contribution is 2.15. The summed E-state index contributed by atoms with van der Waals surface area (Å²) in [5.74, 6) is 1.05. The fourth-order valence-corrected chi connectivity index (χ4v) is 1.69. The van der Waals surface area contributed by atoms with Crippen molar-refractivity contribution >= 4 is 6.29 Å². The third-order valence-corrected chi connectivity index (χ3v) is 3.12. The zero-order valence-corrected chi connectivity index (χ0v) is 12.1. The maximum absolute atomic E-state index is 10.6. The van der Waals surface area contributed by atoms with Crippen molar-refractivity contribution in [2.24, 2.45) is 5.92 Å². The molecular formula is C16H22O3. The fourth-order valence-electron chi connectivity index (χ4n) is 1.69. The minimum Gasteiger partial charge on any atom is -0.497 e. The van der Waals surface area contributed by atoms with Gasteiger partial charge in [-0.25, -0.2) is 0 Å². The van der Waals surface area contributed by atoms with Crippen LogP contribution >= 0.6 is 0 Å². The van der Waals surface area contributed by atoms with E-state index in [-0.39, 0.29) is 12.0 Å². The van der Waals surface area contributed by atoms with E-state index in [4.69, 9.17) is 9.47 Å². The number of carbonyl (C=O) groups is 1. The Morgan fingerprint density at radius 2 is 1.89 bits per heavy atom. The molecule has 0 aliphatic carbocycles. The molecule has 104 valence electrons. The fraction of sp³-hybridized carbons (Fsp3) is 0.438. The van der Waals surface area contributed by atoms with E-state index in [1.165, 1.54) is 0 Å². The van der Waals surface area contributed by atoms with Gasteiger partial charge in [-0.05, 0) is 37.1 Å². The molecule has 19 heavy (non-hydrogen) atoms. The summed E-state index contributed by atoms with van der Waals surface area (Å²) in [6.07, 6.45) is 2.87. The van der Waals surface area contributed by atoms with Gasteiger partial charge in [-0.1, -0.05) is 25.1 Å². The Labute approximate surface area is 115 Å². The van der Waals surface area contributed by atoms with E-state index in [1.54, 1.807) is 14.0 Å². The Balaban J connectivity index is 2.48. The Hall–Kier alpha value is -1.61. The van der Waals surface area contributed by atoms with Crippen molar-refractivity contribution in [2.45, 2.75) is 33.5 Å². The van der Waals surface area contributed by atoms with Crippen molar-refractivity contribution in [1.82, 2.24) is 0 Å². The van der Waals surface area contributed by atoms with E-state index in [9.17, 15) is 4.79 Å². The van der Waals surface area contributed by atoms with Crippen molar-refractivity contribution in [3.8, 4) is 5.75 Å². The first-order valence-electron chi connectivity index (χ1n) is 6.45. The Bertz CT molecular complexity index is 420. The maximum Gasteiger partial charge on any atom is 0.145 e. The monoisotopic (exact) mass is 262 g/mol. The molecule has 0 bridgehead atoms. The quantitative estimate of drug-likeness (QED) is 0.558. The summed E-state index contributed by atoms with van der Waals surface area (Å²) in [4.78, 5) is 10.6. The lowest BCUT2D eigenvalue weighted by atomic mass is 10.0. The van der Waals surface area contributed by atoms with Crippen molar-refractivity contribution in [3.63, 3.8) is 0 Å². The van der Waals surface area contributed by atoms with Crippen LogP contribution in [-0.4, -0.2) is 19.5 Å². The molecule has 1 rings (SSSR count). The lowest BCUT2D eigenvalue weighted by Crippen LogP contribution is -2.16. The summed E-state index contributed by atoms with van der Waals surface area (Å²) in [6.45, 7) is 6.43. The SMILES string of the molecule is COc1ccc(COC(C)[C@@H](C)/C=C(\C)C=O)cc1. The third kappa shape index (κ3) is 5.26. The van der Waals surface area contributed by atoms with Gasteiger partial charge in [0.15, 0.2) is 0 Å². The zero-order valence-electron chi connectivity index (χ0n) is 12.1. The maximum atomic E-state index is 10.6. The highest BCUT2D eigenvalue weighted by atomic mass is 16.5. The second kappa shape index (κ2) is 7.74. The molecule has 0 saturated heterocycles. The molecular weight excluding hydrogens is 240 g/mol. The highest BCUT2D eigenvalue weighted by Gasteiger charge is 2.10. The van der Waals surface area contributed by atoms with Gasteiger partial charge in [-0.15, -0.1) is 0 Å². The van der Waals surface area contributed by atoms with Gasteiger partial charge >= 0.3 is 0 Å². The predicted molar refractivity (Wildman–Crippen MR) is 76.2 cm³/mol. The van der Waals surface area contributed by atoms with Gasteiger partial charge in [-0.3, -0.25) is 4.79 Å². The summed E-state index contributed by atoms with van der Waals surface area (Å²) in [6, 6.07) is 7.82. The molecule has 0 aliphatic heterocycles. The van der Waals surface area contributed by atoms with E-state index in [1.807, 2.05) is 44.2 Å². The van der Waals surface area contributed by atoms with Gasteiger partial charge in [0.05, 0.1) is 19.8 Å². The molecule has 1 aromatic rings. The highest BCUT2D eigenvalue weighted by molar-refractivity contribution is 5.72. The number of allylic oxidation sites excluding steroid dienone is 1. The first-order chi connectivity index (χ1) is 9.06. The predicted octanol–water partition coefficient (Wildman–Crippen LogP) is 3.38. The van der Waals surface area contributed by atoms with E-state index < -0.39 is 0 Å². The van der Waals surface area contributed by atoms with Crippen LogP contribution in [0, 0.1) is 5.92 Å². The van der Waals surface area contributed by atoms with Crippen molar-refractivity contribution in [3.05, 3.63) is 41.5 Å². The number of carbonyl (C=O) groups excluding carboxylic acids is 1. The summed E-state index contributed by atoms with van der Waals surface area (Å²) in [7, 11) is 1.65. The second-order valence-electron chi connectivity index (χ2n) is 4.75. The van der Waals surface area contributed by atoms with Crippen LogP contribution < -0.4 is 4.74 Å². The molecule has 0 aliphatic rings. The molecule has 0 radical (unpaired) electrons. The molecule has 3 heteroatoms. The van der Waals surface area contributed by atoms with Gasteiger partial charge in [0.1, 0.15) is 12.0 Å². The Kier molecular flexibility index (Phi) is 6.30. The number of rotatable bonds is 7. The van der Waals surface area contributed by atoms with Crippen molar-refractivity contribution in [1.29, 1.82) is 0 Å². The molecule has 1 aromatic carbocycles. The average molecular weight is 262 g/mol. The van der Waals surface area contributed by atoms with Crippen molar-refractivity contribution < 1.29 is 14.3 Å². The van der Waals surface area contributed by atoms with Crippen LogP contribution in [0.25, 0.3) is 0 Å². The first kappa shape index (κ1) is 15.4. The van der Waals surface area contributed by atoms with Crippen LogP contribution in [-0.2, 0) is 16.1 Å². The van der Waals surface area contributed by atoms with Crippen molar-refractivity contribution in [2.75, 3.05) is 7.11 Å². The standard InChI is InChI=1S/C16H22O3/c1-12(10-17)9-13(2)14(3)19-11-15-5-7-16(18-4)8-6-15/h5-10,13-14H,11H2,1-4H3/b12-9+/t13-,14?/m0/s1. The molecule has 0 aromatic heterocycles. The number of aldehydes is 1. The molecule has 3 nitrogen and oxygen atoms in total. The molecule has 0 N–H and O–H groups in total. The third-order valence-electron chi connectivity index (χ3n) is 3.12. The summed E-state index contributed by atoms with van der Waals surface area (Å²) in [5.41, 5.74) is 1.85. The molecule has 0 amide bonds. The van der Waals surface area contributed by atoms with Crippen LogP contribution in [0.5, 0.6) is 5.75 Å². The van der Waals surface area contributed by atoms with Crippen LogP contribution in [0.3, 0.4) is 0 Å². The Morgan fingerprint density at radius 3 is 2.42 bits per heavy atom. The van der Waals surface area contributed by atoms with Crippen LogP contribution in [0.4, 0.5) is 0 Å². The van der Waals surface area contributed by atoms with E-state index in [2.05, 4.69) is 0 Å². The number of hydrogen-bond acceptors (Lipinski definition) is 3. The topological polar surface area (TPSA) is 35.5 Å². The van der Waals surface area contributed by atoms with Crippen LogP contribution in [0.15, 0.2) is 35.9 Å². The largest absolute Gasteiger partial charge is 0.497 e. The summed E-state index contributed by atoms with van der Waals surface area (Å²) < 4.78 is 10.9. The lowest BCUT2D eigenvalue weighted by molar-refractivity contribution is -0.104. The normalized spacial score (nSPS) is 14.8. The molecule has 0 fully saturated rings. The van der Waals surface area contributed by atoms with Gasteiger partial charge in [0.2, 0.25) is 0 Å². The van der Waals surface area contributed by atoms with Gasteiger partial charge in [0, 0.05) is 5.92 Å². The summed E-state index contributed by atoms with van der Waals surface area (Å²) >= 11 is 0. The zero-order chi connectivity index (χ0) is 14.3. The number of methoxy groups -OCH3 is 1. The first-order valence-corrected chi connectivity index (χ1v) is 6.45. The van der Waals surface area contributed by atoms with E-state index in [0.29, 0.717) is 6.61 Å². The lowest BCUT2D eigenvalue weighted by Gasteiger charge is -2.18. The molecule has 2 atom stereocenters. The molecule has 0 heterocycles.